The van der Waals surface area contributed by atoms with Crippen LogP contribution in [0.1, 0.15) is 12.7 Å². The van der Waals surface area contributed by atoms with E-state index in [4.69, 9.17) is 5.11 Å². The maximum absolute atomic E-state index is 10.7. The van der Waals surface area contributed by atoms with Gasteiger partial charge in [0.15, 0.2) is 5.65 Å². The van der Waals surface area contributed by atoms with Gasteiger partial charge in [0, 0.05) is 6.42 Å². The Kier molecular flexibility index (Phi) is 3.27. The number of para-hydroxylation sites is 2. The predicted molar refractivity (Wildman–Crippen MR) is 76.0 cm³/mol. The van der Waals surface area contributed by atoms with Crippen LogP contribution < -0.4 is 0 Å². The van der Waals surface area contributed by atoms with E-state index in [-0.39, 0.29) is 5.75 Å². The van der Waals surface area contributed by atoms with Gasteiger partial charge in [-0.1, -0.05) is 30.8 Å². The molecule has 3 aromatic rings. The molecule has 0 fully saturated rings. The van der Waals surface area contributed by atoms with Gasteiger partial charge in [0.1, 0.15) is 10.9 Å². The van der Waals surface area contributed by atoms with Crippen LogP contribution in [0.4, 0.5) is 0 Å². The highest BCUT2D eigenvalue weighted by Gasteiger charge is 2.15. The van der Waals surface area contributed by atoms with Gasteiger partial charge in [0.05, 0.1) is 16.8 Å². The zero-order chi connectivity index (χ0) is 14.1. The highest BCUT2D eigenvalue weighted by molar-refractivity contribution is 8.00. The fourth-order valence-electron chi connectivity index (χ4n) is 2.07. The molecular weight excluding hydrogens is 276 g/mol. The molecule has 0 saturated carbocycles. The zero-order valence-electron chi connectivity index (χ0n) is 10.8. The number of benzene rings is 1. The summed E-state index contributed by atoms with van der Waals surface area (Å²) in [7, 11) is 0. The van der Waals surface area contributed by atoms with Crippen molar-refractivity contribution in [2.24, 2.45) is 0 Å². The van der Waals surface area contributed by atoms with E-state index in [9.17, 15) is 4.79 Å². The second kappa shape index (κ2) is 5.09. The lowest BCUT2D eigenvalue weighted by molar-refractivity contribution is -0.133. The molecule has 0 unspecified atom stereocenters. The van der Waals surface area contributed by atoms with Crippen molar-refractivity contribution in [3.8, 4) is 0 Å². The topological polar surface area (TPSA) is 80.4 Å². The minimum atomic E-state index is -0.877. The minimum Gasteiger partial charge on any atom is -0.481 e. The van der Waals surface area contributed by atoms with Crippen LogP contribution in [0, 0.1) is 0 Å². The van der Waals surface area contributed by atoms with Crippen molar-refractivity contribution in [3.63, 3.8) is 0 Å². The highest BCUT2D eigenvalue weighted by atomic mass is 32.2. The Bertz CT molecular complexity index is 800. The number of fused-ring (bicyclic) bond motifs is 3. The van der Waals surface area contributed by atoms with Crippen LogP contribution in [0.25, 0.3) is 16.7 Å². The summed E-state index contributed by atoms with van der Waals surface area (Å²) >= 11 is 1.16. The number of thioether (sulfide) groups is 1. The highest BCUT2D eigenvalue weighted by Crippen LogP contribution is 2.25. The van der Waals surface area contributed by atoms with Gasteiger partial charge in [-0.2, -0.15) is 0 Å². The summed E-state index contributed by atoms with van der Waals surface area (Å²) in [4.78, 5) is 15.2. The molecule has 6 nitrogen and oxygen atoms in total. The summed E-state index contributed by atoms with van der Waals surface area (Å²) in [6, 6.07) is 7.71. The Morgan fingerprint density at radius 1 is 1.35 bits per heavy atom. The predicted octanol–water partition coefficient (Wildman–Crippen LogP) is 2.02. The molecule has 20 heavy (non-hydrogen) atoms. The van der Waals surface area contributed by atoms with E-state index in [0.29, 0.717) is 10.7 Å². The number of aliphatic carboxylic acids is 1. The molecule has 1 aromatic carbocycles. The molecule has 7 heteroatoms. The van der Waals surface area contributed by atoms with E-state index in [1.165, 1.54) is 0 Å². The first-order chi connectivity index (χ1) is 9.70. The quantitative estimate of drug-likeness (QED) is 0.740. The minimum absolute atomic E-state index is 0.0463. The lowest BCUT2D eigenvalue weighted by atomic mass is 10.3. The van der Waals surface area contributed by atoms with Gasteiger partial charge in [-0.3, -0.25) is 9.20 Å². The van der Waals surface area contributed by atoms with Gasteiger partial charge in [-0.15, -0.1) is 10.2 Å². The van der Waals surface area contributed by atoms with Crippen molar-refractivity contribution in [2.75, 3.05) is 5.75 Å². The first-order valence-corrected chi connectivity index (χ1v) is 7.16. The maximum atomic E-state index is 10.7. The number of rotatable bonds is 4. The number of hydrogen-bond acceptors (Lipinski definition) is 5. The Hall–Kier alpha value is -2.15. The summed E-state index contributed by atoms with van der Waals surface area (Å²) < 4.78 is 1.95. The van der Waals surface area contributed by atoms with Crippen LogP contribution in [0.15, 0.2) is 29.3 Å². The number of aromatic nitrogens is 4. The molecule has 102 valence electrons. The second-order valence-corrected chi connectivity index (χ2v) is 5.18. The Morgan fingerprint density at radius 2 is 2.15 bits per heavy atom. The third-order valence-electron chi connectivity index (χ3n) is 2.91. The number of carboxylic acid groups (broad SMARTS) is 1. The number of carbonyl (C=O) groups is 1. The van der Waals surface area contributed by atoms with Crippen molar-refractivity contribution in [1.82, 2.24) is 19.6 Å². The standard InChI is InChI=1S/C13H12N4O2S/c1-2-10-15-16-12-13(20-7-11(18)19)14-8-5-3-4-6-9(8)17(10)12/h3-6H,2,7H2,1H3,(H,18,19). The Morgan fingerprint density at radius 3 is 2.90 bits per heavy atom. The SMILES string of the molecule is CCc1nnc2c(SCC(=O)O)nc3ccccc3n12. The van der Waals surface area contributed by atoms with E-state index in [1.54, 1.807) is 0 Å². The molecule has 0 aliphatic carbocycles. The Balaban J connectivity index is 2.28. The van der Waals surface area contributed by atoms with Gasteiger partial charge in [0.2, 0.25) is 0 Å². The summed E-state index contributed by atoms with van der Waals surface area (Å²) in [5, 5.41) is 17.7. The Labute approximate surface area is 118 Å². The first-order valence-electron chi connectivity index (χ1n) is 6.18. The van der Waals surface area contributed by atoms with Crippen LogP contribution in [0.5, 0.6) is 0 Å². The van der Waals surface area contributed by atoms with Gasteiger partial charge >= 0.3 is 5.97 Å². The molecule has 1 N–H and O–H groups in total. The molecule has 0 saturated heterocycles. The van der Waals surface area contributed by atoms with Crippen molar-refractivity contribution in [2.45, 2.75) is 18.4 Å². The summed E-state index contributed by atoms with van der Waals surface area (Å²) in [5.41, 5.74) is 2.36. The molecule has 0 radical (unpaired) electrons. The van der Waals surface area contributed by atoms with E-state index >= 15 is 0 Å². The molecular formula is C13H12N4O2S. The molecule has 0 bridgehead atoms. The molecule has 0 amide bonds. The maximum Gasteiger partial charge on any atom is 0.313 e. The monoisotopic (exact) mass is 288 g/mol. The summed E-state index contributed by atoms with van der Waals surface area (Å²) in [6.07, 6.45) is 0.748. The van der Waals surface area contributed by atoms with Crippen LogP contribution in [0.3, 0.4) is 0 Å². The van der Waals surface area contributed by atoms with Crippen LogP contribution in [-0.4, -0.2) is 36.4 Å². The average Bonchev–Trinajstić information content (AvgIpc) is 2.89. The molecule has 2 heterocycles. The molecule has 0 aliphatic heterocycles. The van der Waals surface area contributed by atoms with Crippen LogP contribution in [0.2, 0.25) is 0 Å². The first kappa shape index (κ1) is 12.9. The lowest BCUT2D eigenvalue weighted by Crippen LogP contribution is -2.02. The molecule has 0 spiro atoms. The summed E-state index contributed by atoms with van der Waals surface area (Å²) in [6.45, 7) is 2.01. The number of hydrogen-bond donors (Lipinski definition) is 1. The fraction of sp³-hybridized carbons (Fsp3) is 0.231. The smallest absolute Gasteiger partial charge is 0.313 e. The van der Waals surface area contributed by atoms with Gasteiger partial charge in [-0.25, -0.2) is 4.98 Å². The molecule has 3 rings (SSSR count). The fourth-order valence-corrected chi connectivity index (χ4v) is 2.76. The van der Waals surface area contributed by atoms with Crippen molar-refractivity contribution in [3.05, 3.63) is 30.1 Å². The van der Waals surface area contributed by atoms with Crippen LogP contribution >= 0.6 is 11.8 Å². The van der Waals surface area contributed by atoms with Gasteiger partial charge < -0.3 is 5.11 Å². The van der Waals surface area contributed by atoms with E-state index in [0.717, 1.165) is 35.0 Å². The normalized spacial score (nSPS) is 11.2. The van der Waals surface area contributed by atoms with Crippen molar-refractivity contribution in [1.29, 1.82) is 0 Å². The molecule has 0 aliphatic rings. The van der Waals surface area contributed by atoms with E-state index < -0.39 is 5.97 Å². The van der Waals surface area contributed by atoms with Crippen molar-refractivity contribution < 1.29 is 9.90 Å². The average molecular weight is 288 g/mol. The van der Waals surface area contributed by atoms with E-state index in [2.05, 4.69) is 15.2 Å². The van der Waals surface area contributed by atoms with Gasteiger partial charge in [0.25, 0.3) is 0 Å². The number of carboxylic acids is 1. The zero-order valence-corrected chi connectivity index (χ0v) is 11.6. The number of aryl methyl sites for hydroxylation is 1. The summed E-state index contributed by atoms with van der Waals surface area (Å²) in [5.74, 6) is -0.0795. The largest absolute Gasteiger partial charge is 0.481 e. The third-order valence-corrected chi connectivity index (χ3v) is 3.85. The van der Waals surface area contributed by atoms with Gasteiger partial charge in [-0.05, 0) is 12.1 Å². The second-order valence-electron chi connectivity index (χ2n) is 4.22. The van der Waals surface area contributed by atoms with E-state index in [1.807, 2.05) is 35.6 Å². The number of nitrogens with zero attached hydrogens (tertiary/aromatic N) is 4. The lowest BCUT2D eigenvalue weighted by Gasteiger charge is -2.06. The third kappa shape index (κ3) is 2.09. The molecule has 2 aromatic heterocycles. The van der Waals surface area contributed by atoms with Crippen LogP contribution in [-0.2, 0) is 11.2 Å². The van der Waals surface area contributed by atoms with Crippen molar-refractivity contribution >= 4 is 34.4 Å². The molecule has 0 atom stereocenters.